The first-order valence-electron chi connectivity index (χ1n) is 9.07. The van der Waals surface area contributed by atoms with E-state index in [1.54, 1.807) is 19.2 Å². The minimum atomic E-state index is -0.193. The second kappa shape index (κ2) is 9.19. The van der Waals surface area contributed by atoms with Crippen LogP contribution in [0.4, 0.5) is 0 Å². The molecule has 0 aliphatic carbocycles. The highest BCUT2D eigenvalue weighted by molar-refractivity contribution is 5.96. The molecule has 0 spiro atoms. The molecule has 0 saturated carbocycles. The second-order valence-corrected chi connectivity index (χ2v) is 6.47. The number of nitrogens with one attached hydrogen (secondary N) is 1. The molecule has 0 saturated heterocycles. The van der Waals surface area contributed by atoms with Crippen molar-refractivity contribution in [2.75, 3.05) is 7.11 Å². The molecule has 3 rings (SSSR count). The topological polar surface area (TPSA) is 73.6 Å². The van der Waals surface area contributed by atoms with Crippen LogP contribution in [0, 0.1) is 13.8 Å². The Hall–Kier alpha value is -3.12. The summed E-state index contributed by atoms with van der Waals surface area (Å²) in [6, 6.07) is 15.1. The molecule has 0 unspecified atom stereocenters. The third-order valence-electron chi connectivity index (χ3n) is 4.54. The smallest absolute Gasteiger partial charge is 0.255 e. The minimum absolute atomic E-state index is 0.193. The van der Waals surface area contributed by atoms with Gasteiger partial charge >= 0.3 is 0 Å². The van der Waals surface area contributed by atoms with Gasteiger partial charge in [-0.2, -0.15) is 0 Å². The third kappa shape index (κ3) is 4.58. The Morgan fingerprint density at radius 2 is 1.75 bits per heavy atom. The van der Waals surface area contributed by atoms with Crippen LogP contribution in [-0.2, 0) is 24.5 Å². The highest BCUT2D eigenvalue weighted by Crippen LogP contribution is 2.21. The van der Waals surface area contributed by atoms with Gasteiger partial charge in [0.1, 0.15) is 18.1 Å². The number of rotatable bonds is 8. The summed E-state index contributed by atoms with van der Waals surface area (Å²) in [4.78, 5) is 12.7. The number of benzene rings is 2. The predicted octanol–water partition coefficient (Wildman–Crippen LogP) is 3.95. The summed E-state index contributed by atoms with van der Waals surface area (Å²) in [5, 5.41) is 6.89. The van der Waals surface area contributed by atoms with Gasteiger partial charge in [0, 0.05) is 13.7 Å². The minimum Gasteiger partial charge on any atom is -0.488 e. The Balaban J connectivity index is 1.69. The Bertz CT molecular complexity index is 930. The van der Waals surface area contributed by atoms with Crippen LogP contribution in [0.5, 0.6) is 5.75 Å². The average Bonchev–Trinajstić information content (AvgIpc) is 3.03. The van der Waals surface area contributed by atoms with E-state index in [2.05, 4.69) is 10.5 Å². The van der Waals surface area contributed by atoms with Crippen LogP contribution in [0.3, 0.4) is 0 Å². The molecule has 6 nitrogen and oxygen atoms in total. The number of ether oxygens (including phenoxy) is 2. The van der Waals surface area contributed by atoms with E-state index < -0.39 is 0 Å². The third-order valence-corrected chi connectivity index (χ3v) is 4.54. The SMILES string of the molecule is COCc1ccccc1CNC(=O)c1ccccc1OCc1c(C)noc1C. The molecule has 1 aromatic heterocycles. The fraction of sp³-hybridized carbons (Fsp3) is 0.273. The van der Waals surface area contributed by atoms with Gasteiger partial charge in [-0.3, -0.25) is 4.79 Å². The van der Waals surface area contributed by atoms with Gasteiger partial charge in [0.15, 0.2) is 0 Å². The summed E-state index contributed by atoms with van der Waals surface area (Å²) in [6.45, 7) is 4.92. The number of amides is 1. The first kappa shape index (κ1) is 19.6. The van der Waals surface area contributed by atoms with E-state index >= 15 is 0 Å². The lowest BCUT2D eigenvalue weighted by atomic mass is 10.1. The summed E-state index contributed by atoms with van der Waals surface area (Å²) >= 11 is 0. The van der Waals surface area contributed by atoms with Gasteiger partial charge in [-0.1, -0.05) is 41.6 Å². The van der Waals surface area contributed by atoms with Gasteiger partial charge < -0.3 is 19.3 Å². The van der Waals surface area contributed by atoms with E-state index in [0.717, 1.165) is 22.4 Å². The van der Waals surface area contributed by atoms with E-state index in [1.165, 1.54) is 0 Å². The van der Waals surface area contributed by atoms with Crippen LogP contribution >= 0.6 is 0 Å². The Morgan fingerprint density at radius 3 is 2.46 bits per heavy atom. The van der Waals surface area contributed by atoms with Crippen molar-refractivity contribution in [3.05, 3.63) is 82.2 Å². The van der Waals surface area contributed by atoms with Crippen molar-refractivity contribution in [2.45, 2.75) is 33.6 Å². The predicted molar refractivity (Wildman–Crippen MR) is 105 cm³/mol. The zero-order valence-electron chi connectivity index (χ0n) is 16.3. The van der Waals surface area contributed by atoms with Gasteiger partial charge in [-0.15, -0.1) is 0 Å². The molecule has 1 amide bonds. The van der Waals surface area contributed by atoms with E-state index in [1.807, 2.05) is 50.2 Å². The van der Waals surface area contributed by atoms with Crippen molar-refractivity contribution in [2.24, 2.45) is 0 Å². The Labute approximate surface area is 164 Å². The van der Waals surface area contributed by atoms with Gasteiger partial charge in [0.2, 0.25) is 0 Å². The maximum atomic E-state index is 12.7. The molecule has 1 heterocycles. The number of carbonyl (C=O) groups excluding carboxylic acids is 1. The molecule has 1 N–H and O–H groups in total. The van der Waals surface area contributed by atoms with Crippen molar-refractivity contribution in [1.29, 1.82) is 0 Å². The normalized spacial score (nSPS) is 10.7. The molecule has 146 valence electrons. The summed E-state index contributed by atoms with van der Waals surface area (Å²) < 4.78 is 16.3. The molecule has 0 aliphatic rings. The summed E-state index contributed by atoms with van der Waals surface area (Å²) in [6.07, 6.45) is 0. The van der Waals surface area contributed by atoms with Gasteiger partial charge in [-0.05, 0) is 37.1 Å². The molecule has 0 bridgehead atoms. The molecule has 0 fully saturated rings. The van der Waals surface area contributed by atoms with Crippen molar-refractivity contribution >= 4 is 5.91 Å². The number of hydrogen-bond acceptors (Lipinski definition) is 5. The summed E-state index contributed by atoms with van der Waals surface area (Å²) in [5.74, 6) is 1.04. The number of aromatic nitrogens is 1. The largest absolute Gasteiger partial charge is 0.488 e. The highest BCUT2D eigenvalue weighted by atomic mass is 16.5. The number of aryl methyl sites for hydroxylation is 2. The molecular formula is C22H24N2O4. The second-order valence-electron chi connectivity index (χ2n) is 6.47. The number of nitrogens with zero attached hydrogens (tertiary/aromatic N) is 1. The quantitative estimate of drug-likeness (QED) is 0.641. The van der Waals surface area contributed by atoms with Gasteiger partial charge in [0.05, 0.1) is 23.4 Å². The van der Waals surface area contributed by atoms with Crippen molar-refractivity contribution in [3.8, 4) is 5.75 Å². The van der Waals surface area contributed by atoms with E-state index in [0.29, 0.717) is 36.8 Å². The molecule has 0 atom stereocenters. The summed E-state index contributed by atoms with van der Waals surface area (Å²) in [5.41, 5.74) is 4.23. The molecule has 0 radical (unpaired) electrons. The maximum absolute atomic E-state index is 12.7. The molecule has 3 aromatic rings. The Kier molecular flexibility index (Phi) is 6.45. The fourth-order valence-electron chi connectivity index (χ4n) is 2.93. The van der Waals surface area contributed by atoms with Crippen molar-refractivity contribution in [3.63, 3.8) is 0 Å². The van der Waals surface area contributed by atoms with Crippen LogP contribution in [-0.4, -0.2) is 18.2 Å². The number of hydrogen-bond donors (Lipinski definition) is 1. The van der Waals surface area contributed by atoms with E-state index in [9.17, 15) is 4.79 Å². The molecule has 2 aromatic carbocycles. The summed E-state index contributed by atoms with van der Waals surface area (Å²) in [7, 11) is 1.65. The fourth-order valence-corrected chi connectivity index (χ4v) is 2.93. The van der Waals surface area contributed by atoms with Gasteiger partial charge in [0.25, 0.3) is 5.91 Å². The molecule has 28 heavy (non-hydrogen) atoms. The average molecular weight is 380 g/mol. The van der Waals surface area contributed by atoms with Gasteiger partial charge in [-0.25, -0.2) is 0 Å². The van der Waals surface area contributed by atoms with Crippen LogP contribution < -0.4 is 10.1 Å². The van der Waals surface area contributed by atoms with Crippen LogP contribution in [0.2, 0.25) is 0 Å². The van der Waals surface area contributed by atoms with Crippen LogP contribution in [0.25, 0.3) is 0 Å². The zero-order chi connectivity index (χ0) is 19.9. The zero-order valence-corrected chi connectivity index (χ0v) is 16.3. The monoisotopic (exact) mass is 380 g/mol. The highest BCUT2D eigenvalue weighted by Gasteiger charge is 2.15. The lowest BCUT2D eigenvalue weighted by Crippen LogP contribution is -2.24. The number of para-hydroxylation sites is 1. The number of carbonyl (C=O) groups is 1. The van der Waals surface area contributed by atoms with E-state index in [-0.39, 0.29) is 5.91 Å². The molecule has 0 aliphatic heterocycles. The standard InChI is InChI=1S/C22H24N2O4/c1-15-20(16(2)28-24-15)14-27-21-11-7-6-10-19(21)22(25)23-12-17-8-4-5-9-18(17)13-26-3/h4-11H,12-14H2,1-3H3,(H,23,25). The number of methoxy groups -OCH3 is 1. The van der Waals surface area contributed by atoms with Crippen LogP contribution in [0.15, 0.2) is 53.1 Å². The van der Waals surface area contributed by atoms with E-state index in [4.69, 9.17) is 14.0 Å². The molecular weight excluding hydrogens is 356 g/mol. The lowest BCUT2D eigenvalue weighted by molar-refractivity contribution is 0.0946. The van der Waals surface area contributed by atoms with Crippen LogP contribution in [0.1, 0.15) is 38.5 Å². The Morgan fingerprint density at radius 1 is 1.04 bits per heavy atom. The first-order valence-corrected chi connectivity index (χ1v) is 9.07. The van der Waals surface area contributed by atoms with Crippen molar-refractivity contribution in [1.82, 2.24) is 10.5 Å². The maximum Gasteiger partial charge on any atom is 0.255 e. The lowest BCUT2D eigenvalue weighted by Gasteiger charge is -2.13. The first-order chi connectivity index (χ1) is 13.6. The molecule has 6 heteroatoms. The van der Waals surface area contributed by atoms with Crippen molar-refractivity contribution < 1.29 is 18.8 Å².